The van der Waals surface area contributed by atoms with Gasteiger partial charge in [0.25, 0.3) is 0 Å². The van der Waals surface area contributed by atoms with Crippen LogP contribution in [0.25, 0.3) is 11.3 Å². The van der Waals surface area contributed by atoms with Crippen LogP contribution in [0.2, 0.25) is 0 Å². The number of nitrogens with zero attached hydrogens (tertiary/aromatic N) is 2. The molecule has 166 valence electrons. The minimum Gasteiger partial charge on any atom is -0.392 e. The molecular weight excluding hydrogens is 430 g/mol. The van der Waals surface area contributed by atoms with E-state index in [2.05, 4.69) is 4.98 Å². The van der Waals surface area contributed by atoms with Gasteiger partial charge in [0.05, 0.1) is 16.7 Å². The van der Waals surface area contributed by atoms with E-state index in [4.69, 9.17) is 5.73 Å². The van der Waals surface area contributed by atoms with Gasteiger partial charge in [-0.25, -0.2) is 13.4 Å². The lowest BCUT2D eigenvalue weighted by atomic mass is 10.1. The van der Waals surface area contributed by atoms with Crippen molar-refractivity contribution in [3.8, 4) is 11.3 Å². The van der Waals surface area contributed by atoms with Crippen LogP contribution in [0.3, 0.4) is 0 Å². The van der Waals surface area contributed by atoms with Gasteiger partial charge in [0.1, 0.15) is 0 Å². The highest BCUT2D eigenvalue weighted by Crippen LogP contribution is 2.26. The van der Waals surface area contributed by atoms with Crippen molar-refractivity contribution in [3.63, 3.8) is 0 Å². The summed E-state index contributed by atoms with van der Waals surface area (Å²) in [5, 5.41) is 12.9. The Balaban J connectivity index is 1.73. The Bertz CT molecular complexity index is 1060. The van der Waals surface area contributed by atoms with Crippen LogP contribution < -0.4 is 5.73 Å². The summed E-state index contributed by atoms with van der Waals surface area (Å²) in [5.41, 5.74) is 8.35. The molecule has 6 nitrogen and oxygen atoms in total. The minimum atomic E-state index is -3.74. The number of nitrogens with two attached hydrogens (primary N) is 1. The van der Waals surface area contributed by atoms with Crippen molar-refractivity contribution in [2.24, 2.45) is 5.92 Å². The van der Waals surface area contributed by atoms with Crippen molar-refractivity contribution in [2.45, 2.75) is 37.7 Å². The van der Waals surface area contributed by atoms with Crippen LogP contribution in [0, 0.1) is 5.92 Å². The van der Waals surface area contributed by atoms with E-state index in [9.17, 15) is 13.5 Å². The Morgan fingerprint density at radius 1 is 1.06 bits per heavy atom. The number of nitrogen functional groups attached to an aromatic ring is 1. The predicted octanol–water partition coefficient (Wildman–Crippen LogP) is 4.03. The van der Waals surface area contributed by atoms with Gasteiger partial charge in [-0.2, -0.15) is 4.31 Å². The number of anilines is 1. The zero-order valence-electron chi connectivity index (χ0n) is 17.8. The second-order valence-corrected chi connectivity index (χ2v) is 10.8. The van der Waals surface area contributed by atoms with Crippen molar-refractivity contribution in [2.75, 3.05) is 18.8 Å². The lowest BCUT2D eigenvalue weighted by Crippen LogP contribution is -2.40. The summed E-state index contributed by atoms with van der Waals surface area (Å²) in [5.74, 6) is 0.133. The second kappa shape index (κ2) is 10.4. The SMILES string of the molecule is CC(C)CN(C[C@H](O)CCc1ccccc1)S(=O)(=O)c1ccc(-c2csc(N)n2)cc1. The Hall–Kier alpha value is -2.26. The first kappa shape index (κ1) is 23.4. The number of sulfonamides is 1. The highest BCUT2D eigenvalue weighted by molar-refractivity contribution is 7.89. The van der Waals surface area contributed by atoms with Crippen LogP contribution in [-0.2, 0) is 16.4 Å². The number of aliphatic hydroxyl groups is 1. The van der Waals surface area contributed by atoms with Gasteiger partial charge in [0.2, 0.25) is 10.0 Å². The Kier molecular flexibility index (Phi) is 7.83. The van der Waals surface area contributed by atoms with E-state index in [1.807, 2.05) is 49.6 Å². The highest BCUT2D eigenvalue weighted by atomic mass is 32.2. The van der Waals surface area contributed by atoms with Crippen molar-refractivity contribution >= 4 is 26.5 Å². The average Bonchev–Trinajstić information content (AvgIpc) is 3.18. The highest BCUT2D eigenvalue weighted by Gasteiger charge is 2.27. The Morgan fingerprint density at radius 2 is 1.74 bits per heavy atom. The molecule has 1 heterocycles. The number of thiazole rings is 1. The molecule has 3 N–H and O–H groups in total. The van der Waals surface area contributed by atoms with Crippen molar-refractivity contribution in [3.05, 3.63) is 65.5 Å². The number of rotatable bonds is 10. The van der Waals surface area contributed by atoms with Gasteiger partial charge in [-0.3, -0.25) is 0 Å². The summed E-state index contributed by atoms with van der Waals surface area (Å²) in [6.45, 7) is 4.34. The van der Waals surface area contributed by atoms with E-state index < -0.39 is 16.1 Å². The zero-order valence-corrected chi connectivity index (χ0v) is 19.4. The van der Waals surface area contributed by atoms with E-state index in [1.54, 1.807) is 24.3 Å². The first-order chi connectivity index (χ1) is 14.8. The number of hydrogen-bond donors (Lipinski definition) is 2. The lowest BCUT2D eigenvalue weighted by molar-refractivity contribution is 0.133. The molecule has 0 unspecified atom stereocenters. The van der Waals surface area contributed by atoms with E-state index >= 15 is 0 Å². The predicted molar refractivity (Wildman–Crippen MR) is 126 cm³/mol. The van der Waals surface area contributed by atoms with Crippen molar-refractivity contribution in [1.82, 2.24) is 9.29 Å². The summed E-state index contributed by atoms with van der Waals surface area (Å²) >= 11 is 1.34. The van der Waals surface area contributed by atoms with Gasteiger partial charge < -0.3 is 10.8 Å². The smallest absolute Gasteiger partial charge is 0.243 e. The van der Waals surface area contributed by atoms with Crippen LogP contribution in [0.1, 0.15) is 25.8 Å². The number of hydrogen-bond acceptors (Lipinski definition) is 6. The third-order valence-electron chi connectivity index (χ3n) is 4.90. The molecular formula is C23H29N3O3S2. The van der Waals surface area contributed by atoms with Gasteiger partial charge in [-0.05, 0) is 36.5 Å². The minimum absolute atomic E-state index is 0.0672. The number of aliphatic hydroxyl groups excluding tert-OH is 1. The number of aromatic nitrogens is 1. The van der Waals surface area contributed by atoms with Crippen LogP contribution in [-0.4, -0.2) is 42.0 Å². The molecule has 0 bridgehead atoms. The van der Waals surface area contributed by atoms with Crippen LogP contribution >= 0.6 is 11.3 Å². The van der Waals surface area contributed by atoms with Crippen LogP contribution in [0.5, 0.6) is 0 Å². The van der Waals surface area contributed by atoms with Gasteiger partial charge in [0.15, 0.2) is 5.13 Å². The molecule has 0 aliphatic carbocycles. The Labute approximate surface area is 188 Å². The third-order valence-corrected chi connectivity index (χ3v) is 7.42. The molecule has 1 atom stereocenters. The van der Waals surface area contributed by atoms with Gasteiger partial charge >= 0.3 is 0 Å². The van der Waals surface area contributed by atoms with Gasteiger partial charge in [-0.15, -0.1) is 11.3 Å². The van der Waals surface area contributed by atoms with E-state index in [0.717, 1.165) is 16.8 Å². The normalized spacial score (nSPS) is 13.1. The molecule has 0 saturated heterocycles. The fourth-order valence-electron chi connectivity index (χ4n) is 3.35. The molecule has 0 radical (unpaired) electrons. The zero-order chi connectivity index (χ0) is 22.4. The summed E-state index contributed by atoms with van der Waals surface area (Å²) in [6, 6.07) is 16.5. The first-order valence-electron chi connectivity index (χ1n) is 10.3. The largest absolute Gasteiger partial charge is 0.392 e. The molecule has 3 rings (SSSR count). The Morgan fingerprint density at radius 3 is 2.32 bits per heavy atom. The molecule has 3 aromatic rings. The molecule has 31 heavy (non-hydrogen) atoms. The van der Waals surface area contributed by atoms with Gasteiger partial charge in [-0.1, -0.05) is 56.3 Å². The topological polar surface area (TPSA) is 96.5 Å². The fourth-order valence-corrected chi connectivity index (χ4v) is 5.56. The summed E-state index contributed by atoms with van der Waals surface area (Å²) in [6.07, 6.45) is 0.451. The van der Waals surface area contributed by atoms with E-state index in [1.165, 1.54) is 15.6 Å². The van der Waals surface area contributed by atoms with Gasteiger partial charge in [0, 0.05) is 24.0 Å². The van der Waals surface area contributed by atoms with Crippen molar-refractivity contribution in [1.29, 1.82) is 0 Å². The molecule has 0 aliphatic rings. The van der Waals surface area contributed by atoms with E-state index in [-0.39, 0.29) is 17.4 Å². The number of aryl methyl sites for hydroxylation is 1. The van der Waals surface area contributed by atoms with E-state index in [0.29, 0.717) is 24.5 Å². The second-order valence-electron chi connectivity index (χ2n) is 7.99. The number of benzene rings is 2. The maximum atomic E-state index is 13.3. The summed E-state index contributed by atoms with van der Waals surface area (Å²) < 4.78 is 28.0. The molecule has 8 heteroatoms. The standard InChI is InChI=1S/C23H29N3O3S2/c1-17(2)14-26(15-20(27)11-8-18-6-4-3-5-7-18)31(28,29)21-12-9-19(10-13-21)22-16-30-23(24)25-22/h3-7,9-10,12-13,16-17,20,27H,8,11,14-15H2,1-2H3,(H2,24,25)/t20-/m1/s1. The fraction of sp³-hybridized carbons (Fsp3) is 0.348. The molecule has 0 spiro atoms. The quantitative estimate of drug-likeness (QED) is 0.477. The monoisotopic (exact) mass is 459 g/mol. The molecule has 0 fully saturated rings. The molecule has 0 saturated carbocycles. The third kappa shape index (κ3) is 6.36. The molecule has 1 aromatic heterocycles. The van der Waals surface area contributed by atoms with Crippen molar-refractivity contribution < 1.29 is 13.5 Å². The summed E-state index contributed by atoms with van der Waals surface area (Å²) in [7, 11) is -3.74. The molecule has 0 aliphatic heterocycles. The lowest BCUT2D eigenvalue weighted by Gasteiger charge is -2.26. The maximum absolute atomic E-state index is 13.3. The van der Waals surface area contributed by atoms with Crippen LogP contribution in [0.15, 0.2) is 64.9 Å². The summed E-state index contributed by atoms with van der Waals surface area (Å²) in [4.78, 5) is 4.44. The average molecular weight is 460 g/mol. The molecule has 0 amide bonds. The maximum Gasteiger partial charge on any atom is 0.243 e. The first-order valence-corrected chi connectivity index (χ1v) is 12.6. The molecule has 2 aromatic carbocycles. The van der Waals surface area contributed by atoms with Crippen LogP contribution in [0.4, 0.5) is 5.13 Å².